The van der Waals surface area contributed by atoms with Crippen molar-refractivity contribution in [3.05, 3.63) is 28.4 Å². The molecule has 0 amide bonds. The average Bonchev–Trinajstić information content (AvgIpc) is 2.90. The minimum atomic E-state index is 0.0421. The van der Waals surface area contributed by atoms with Gasteiger partial charge >= 0.3 is 0 Å². The summed E-state index contributed by atoms with van der Waals surface area (Å²) in [4.78, 5) is 4.21. The number of thiazole rings is 1. The molecule has 7 heteroatoms. The van der Waals surface area contributed by atoms with Crippen LogP contribution in [0.3, 0.4) is 0 Å². The van der Waals surface area contributed by atoms with Crippen LogP contribution < -0.4 is 5.73 Å². The van der Waals surface area contributed by atoms with Gasteiger partial charge in [-0.2, -0.15) is 5.10 Å². The third-order valence-electron chi connectivity index (χ3n) is 2.68. The lowest BCUT2D eigenvalue weighted by atomic mass is 10.0. The summed E-state index contributed by atoms with van der Waals surface area (Å²) in [7, 11) is 0. The van der Waals surface area contributed by atoms with Crippen molar-refractivity contribution in [3.8, 4) is 0 Å². The van der Waals surface area contributed by atoms with Crippen LogP contribution in [-0.4, -0.2) is 21.0 Å². The number of nitrogens with two attached hydrogens (primary N) is 1. The van der Waals surface area contributed by atoms with Crippen LogP contribution in [-0.2, 0) is 12.8 Å². The van der Waals surface area contributed by atoms with Crippen molar-refractivity contribution < 1.29 is 0 Å². The van der Waals surface area contributed by atoms with E-state index < -0.39 is 0 Å². The standard InChI is InChI=1S/C12H15N5S2/c1-3-7-8(4-2)16-17-11(9(7)10(13)14)19-12-15-5-6-18-12/h5-6H,3-4H2,1-2H3,(H3,13,14). The summed E-state index contributed by atoms with van der Waals surface area (Å²) < 4.78 is 0.878. The maximum absolute atomic E-state index is 7.80. The van der Waals surface area contributed by atoms with E-state index >= 15 is 0 Å². The Hall–Kier alpha value is -1.47. The predicted molar refractivity (Wildman–Crippen MR) is 78.0 cm³/mol. The summed E-state index contributed by atoms with van der Waals surface area (Å²) in [6, 6.07) is 0. The number of nitrogens with zero attached hydrogens (tertiary/aromatic N) is 3. The van der Waals surface area contributed by atoms with Gasteiger partial charge in [0.2, 0.25) is 0 Å². The van der Waals surface area contributed by atoms with E-state index in [-0.39, 0.29) is 5.84 Å². The summed E-state index contributed by atoms with van der Waals surface area (Å²) in [5.41, 5.74) is 8.36. The summed E-state index contributed by atoms with van der Waals surface area (Å²) in [6.45, 7) is 4.07. The van der Waals surface area contributed by atoms with Crippen LogP contribution >= 0.6 is 23.1 Å². The molecule has 2 aromatic heterocycles. The highest BCUT2D eigenvalue weighted by Crippen LogP contribution is 2.31. The molecule has 0 aliphatic heterocycles. The number of nitrogen functional groups attached to an aromatic ring is 1. The van der Waals surface area contributed by atoms with Crippen LogP contribution in [0.5, 0.6) is 0 Å². The molecule has 0 atom stereocenters. The van der Waals surface area contributed by atoms with Crippen LogP contribution in [0, 0.1) is 5.41 Å². The molecule has 0 radical (unpaired) electrons. The van der Waals surface area contributed by atoms with Crippen LogP contribution in [0.1, 0.15) is 30.7 Å². The third-order valence-corrected chi connectivity index (χ3v) is 4.54. The minimum Gasteiger partial charge on any atom is -0.384 e. The van der Waals surface area contributed by atoms with Gasteiger partial charge in [0.25, 0.3) is 0 Å². The van der Waals surface area contributed by atoms with Gasteiger partial charge in [0.05, 0.1) is 11.3 Å². The molecule has 0 saturated heterocycles. The van der Waals surface area contributed by atoms with Gasteiger partial charge in [0.1, 0.15) is 10.9 Å². The highest BCUT2D eigenvalue weighted by Gasteiger charge is 2.18. The first-order chi connectivity index (χ1) is 9.17. The maximum Gasteiger partial charge on any atom is 0.156 e. The molecule has 0 aliphatic rings. The molecule has 0 aromatic carbocycles. The van der Waals surface area contributed by atoms with Crippen LogP contribution in [0.2, 0.25) is 0 Å². The Balaban J connectivity index is 2.51. The fourth-order valence-corrected chi connectivity index (χ4v) is 3.50. The average molecular weight is 293 g/mol. The second-order valence-corrected chi connectivity index (χ2v) is 5.96. The topological polar surface area (TPSA) is 88.5 Å². The Kier molecular flexibility index (Phi) is 4.49. The van der Waals surface area contributed by atoms with E-state index in [9.17, 15) is 0 Å². The van der Waals surface area contributed by atoms with E-state index in [4.69, 9.17) is 11.1 Å². The molecule has 0 unspecified atom stereocenters. The number of aryl methyl sites for hydroxylation is 1. The van der Waals surface area contributed by atoms with Gasteiger partial charge in [-0.15, -0.1) is 16.4 Å². The second-order valence-electron chi connectivity index (χ2n) is 3.83. The molecule has 0 aliphatic carbocycles. The molecule has 2 aromatic rings. The third kappa shape index (κ3) is 2.93. The highest BCUT2D eigenvalue weighted by molar-refractivity contribution is 8.01. The zero-order chi connectivity index (χ0) is 13.8. The molecular formula is C12H15N5S2. The lowest BCUT2D eigenvalue weighted by Gasteiger charge is -2.13. The summed E-state index contributed by atoms with van der Waals surface area (Å²) >= 11 is 2.95. The van der Waals surface area contributed by atoms with Crippen molar-refractivity contribution in [2.24, 2.45) is 5.73 Å². The fraction of sp³-hybridized carbons (Fsp3) is 0.333. The largest absolute Gasteiger partial charge is 0.384 e. The summed E-state index contributed by atoms with van der Waals surface area (Å²) in [5, 5.41) is 18.8. The molecule has 3 N–H and O–H groups in total. The van der Waals surface area contributed by atoms with Gasteiger partial charge in [-0.25, -0.2) is 4.98 Å². The van der Waals surface area contributed by atoms with Gasteiger partial charge in [0, 0.05) is 11.6 Å². The summed E-state index contributed by atoms with van der Waals surface area (Å²) in [5.74, 6) is 0.0421. The lowest BCUT2D eigenvalue weighted by molar-refractivity contribution is 0.819. The molecule has 0 spiro atoms. The van der Waals surface area contributed by atoms with Gasteiger partial charge in [0.15, 0.2) is 4.34 Å². The highest BCUT2D eigenvalue weighted by atomic mass is 32.2. The SMILES string of the molecule is CCc1nnc(Sc2nccs2)c(C(=N)N)c1CC. The maximum atomic E-state index is 7.80. The molecule has 0 fully saturated rings. The second kappa shape index (κ2) is 6.12. The van der Waals surface area contributed by atoms with Crippen molar-refractivity contribution in [1.29, 1.82) is 5.41 Å². The molecule has 2 rings (SSSR count). The van der Waals surface area contributed by atoms with Crippen molar-refractivity contribution in [2.75, 3.05) is 0 Å². The molecule has 100 valence electrons. The quantitative estimate of drug-likeness (QED) is 0.653. The first kappa shape index (κ1) is 14.0. The number of nitrogens with one attached hydrogen (secondary N) is 1. The molecule has 0 bridgehead atoms. The van der Waals surface area contributed by atoms with Crippen molar-refractivity contribution in [2.45, 2.75) is 36.1 Å². The Bertz CT molecular complexity index is 580. The van der Waals surface area contributed by atoms with Gasteiger partial charge in [-0.1, -0.05) is 13.8 Å². The summed E-state index contributed by atoms with van der Waals surface area (Å²) in [6.07, 6.45) is 3.33. The number of aromatic nitrogens is 3. The van der Waals surface area contributed by atoms with Crippen molar-refractivity contribution in [3.63, 3.8) is 0 Å². The molecule has 2 heterocycles. The Labute approximate surface area is 120 Å². The molecule has 0 saturated carbocycles. The number of hydrogen-bond acceptors (Lipinski definition) is 6. The first-order valence-corrected chi connectivity index (χ1v) is 7.67. The molecule has 5 nitrogen and oxygen atoms in total. The first-order valence-electron chi connectivity index (χ1n) is 5.97. The van der Waals surface area contributed by atoms with Crippen LogP contribution in [0.25, 0.3) is 0 Å². The fourth-order valence-electron chi connectivity index (χ4n) is 1.85. The van der Waals surface area contributed by atoms with E-state index in [1.165, 1.54) is 23.1 Å². The van der Waals surface area contributed by atoms with E-state index in [1.54, 1.807) is 6.20 Å². The molecule has 19 heavy (non-hydrogen) atoms. The predicted octanol–water partition coefficient (Wildman–Crippen LogP) is 2.49. The van der Waals surface area contributed by atoms with E-state index in [2.05, 4.69) is 15.2 Å². The molecular weight excluding hydrogens is 278 g/mol. The van der Waals surface area contributed by atoms with E-state index in [1.807, 2.05) is 19.2 Å². The zero-order valence-electron chi connectivity index (χ0n) is 10.8. The number of rotatable bonds is 5. The Morgan fingerprint density at radius 2 is 2.16 bits per heavy atom. The Morgan fingerprint density at radius 1 is 1.37 bits per heavy atom. The van der Waals surface area contributed by atoms with Gasteiger partial charge in [-0.3, -0.25) is 5.41 Å². The van der Waals surface area contributed by atoms with Crippen LogP contribution in [0.15, 0.2) is 20.9 Å². The van der Waals surface area contributed by atoms with Crippen LogP contribution in [0.4, 0.5) is 0 Å². The van der Waals surface area contributed by atoms with Gasteiger partial charge in [-0.05, 0) is 30.2 Å². The number of amidine groups is 1. The van der Waals surface area contributed by atoms with Gasteiger partial charge < -0.3 is 5.73 Å². The monoisotopic (exact) mass is 293 g/mol. The van der Waals surface area contributed by atoms with Crippen molar-refractivity contribution >= 4 is 28.9 Å². The van der Waals surface area contributed by atoms with E-state index in [0.29, 0.717) is 10.6 Å². The number of hydrogen-bond donors (Lipinski definition) is 2. The lowest BCUT2D eigenvalue weighted by Crippen LogP contribution is -2.18. The van der Waals surface area contributed by atoms with Crippen molar-refractivity contribution in [1.82, 2.24) is 15.2 Å². The minimum absolute atomic E-state index is 0.0421. The normalized spacial score (nSPS) is 10.6. The zero-order valence-corrected chi connectivity index (χ0v) is 12.4. The van der Waals surface area contributed by atoms with E-state index in [0.717, 1.165) is 28.4 Å². The Morgan fingerprint density at radius 3 is 2.68 bits per heavy atom. The smallest absolute Gasteiger partial charge is 0.156 e.